The Labute approximate surface area is 274 Å². The van der Waals surface area contributed by atoms with E-state index in [1.54, 1.807) is 0 Å². The average molecular weight is 817 g/mol. The summed E-state index contributed by atoms with van der Waals surface area (Å²) in [6.45, 7) is 4.50. The van der Waals surface area contributed by atoms with Crippen LogP contribution >= 0.6 is 35.0 Å². The van der Waals surface area contributed by atoms with Crippen molar-refractivity contribution in [2.75, 3.05) is 0 Å². The van der Waals surface area contributed by atoms with Crippen molar-refractivity contribution in [1.29, 1.82) is 0 Å². The van der Waals surface area contributed by atoms with E-state index in [1.807, 2.05) is 0 Å². The van der Waals surface area contributed by atoms with Gasteiger partial charge in [0.2, 0.25) is 0 Å². The Morgan fingerprint density at radius 1 is 0.326 bits per heavy atom. The second kappa shape index (κ2) is 21.0. The molecule has 0 aliphatic heterocycles. The van der Waals surface area contributed by atoms with E-state index < -0.39 is 31.5 Å². The van der Waals surface area contributed by atoms with E-state index in [-0.39, 0.29) is 0 Å². The van der Waals surface area contributed by atoms with Gasteiger partial charge < -0.3 is 0 Å². The zero-order valence-electron chi connectivity index (χ0n) is 23.2. The van der Waals surface area contributed by atoms with Crippen LogP contribution in [0.1, 0.15) is 0 Å². The Balaban J connectivity index is 0.000000205. The van der Waals surface area contributed by atoms with Crippen molar-refractivity contribution in [3.63, 3.8) is 0 Å². The van der Waals surface area contributed by atoms with Gasteiger partial charge in [0.25, 0.3) is 0 Å². The largest absolute Gasteiger partial charge is 0.0622 e. The van der Waals surface area contributed by atoms with Crippen LogP contribution in [0.5, 0.6) is 0 Å². The van der Waals surface area contributed by atoms with Crippen molar-refractivity contribution in [1.82, 2.24) is 0 Å². The molecule has 0 fully saturated rings. The Morgan fingerprint density at radius 3 is 0.558 bits per heavy atom. The average Bonchev–Trinajstić information content (AvgIpc) is 3.10. The summed E-state index contributed by atoms with van der Waals surface area (Å²) in [6, 6.07) is 64.7. The van der Waals surface area contributed by atoms with Crippen molar-refractivity contribution in [3.8, 4) is 0 Å². The maximum absolute atomic E-state index is 7.50. The quantitative estimate of drug-likeness (QED) is 0.0925. The van der Waals surface area contributed by atoms with Crippen LogP contribution in [0, 0.1) is 6.65 Å². The topological polar surface area (TPSA) is 19.9 Å². The van der Waals surface area contributed by atoms with Crippen LogP contribution in [0.3, 0.4) is 0 Å². The first-order valence-electron chi connectivity index (χ1n) is 13.3. The molecule has 0 aliphatic rings. The van der Waals surface area contributed by atoms with E-state index in [9.17, 15) is 0 Å². The van der Waals surface area contributed by atoms with Crippen LogP contribution in [0.25, 0.3) is 0 Å². The molecule has 43 heavy (non-hydrogen) atoms. The minimum Gasteiger partial charge on any atom is -0.0622 e. The molecular weight excluding hydrogens is 785 g/mol. The van der Waals surface area contributed by atoms with Gasteiger partial charge in [-0.1, -0.05) is 182 Å². The zero-order valence-corrected chi connectivity index (χ0v) is 29.1. The van der Waals surface area contributed by atoms with Crippen LogP contribution < -0.4 is 31.8 Å². The third kappa shape index (κ3) is 11.3. The molecule has 0 unspecified atom stereocenters. The first kappa shape index (κ1) is 34.6. The molecule has 1 nitrogen and oxygen atoms in total. The molecule has 0 radical (unpaired) electrons. The number of hydrogen-bond donors (Lipinski definition) is 0. The minimum atomic E-state index is -0.639. The fraction of sp³-hybridized carbons (Fsp3) is 0. The summed E-state index contributed by atoms with van der Waals surface area (Å²) in [5, 5.41) is 8.39. The van der Waals surface area contributed by atoms with E-state index in [0.717, 1.165) is 0 Å². The van der Waals surface area contributed by atoms with Crippen LogP contribution in [0.4, 0.5) is 0 Å². The summed E-state index contributed by atoms with van der Waals surface area (Å²) in [6.07, 6.45) is 0. The third-order valence-corrected chi connectivity index (χ3v) is 11.0. The normalized spacial score (nSPS) is 9.91. The second-order valence-electron chi connectivity index (χ2n) is 8.73. The van der Waals surface area contributed by atoms with E-state index >= 15 is 0 Å². The van der Waals surface area contributed by atoms with E-state index in [1.165, 1.54) is 31.8 Å². The number of benzene rings is 6. The molecule has 0 atom stereocenters. The summed E-state index contributed by atoms with van der Waals surface area (Å²) in [4.78, 5) is 0. The van der Waals surface area contributed by atoms with Gasteiger partial charge >= 0.3 is 46.1 Å². The summed E-state index contributed by atoms with van der Waals surface area (Å²) in [5.74, 6) is 0. The standard InChI is InChI=1S/2C18H15P.CO.2ClH.Ir.H/c2*1-4-10-16(11-5-1)19(17-12-6-2-7-13-17)18-14-8-3-9-15-18;1-2;;;;/h2*1-15H;;2*1H;;/q;;;;;+2;/p-2. The van der Waals surface area contributed by atoms with Crippen molar-refractivity contribution in [3.05, 3.63) is 189 Å². The summed E-state index contributed by atoms with van der Waals surface area (Å²) >= 11 is -0.639. The van der Waals surface area contributed by atoms with Crippen LogP contribution in [0.15, 0.2) is 182 Å². The van der Waals surface area contributed by atoms with Crippen LogP contribution in [-0.4, -0.2) is 0 Å². The molecule has 0 heterocycles. The minimum absolute atomic E-state index is 0.446. The molecule has 6 aromatic carbocycles. The molecule has 0 saturated carbocycles. The van der Waals surface area contributed by atoms with Gasteiger partial charge in [0, 0.05) is 0 Å². The van der Waals surface area contributed by atoms with E-state index in [2.05, 4.69) is 189 Å². The SMILES string of the molecule is [C-]#[O+].[Cl][IrH][Cl].c1ccc(P(c2ccccc2)c2ccccc2)cc1.c1ccc(P(c2ccccc2)c2ccccc2)cc1. The van der Waals surface area contributed by atoms with Crippen molar-refractivity contribution < 1.29 is 20.3 Å². The second-order valence-corrected chi connectivity index (χ2v) is 16.8. The number of rotatable bonds is 6. The Bertz CT molecular complexity index is 1250. The predicted molar refractivity (Wildman–Crippen MR) is 187 cm³/mol. The molecule has 218 valence electrons. The maximum atomic E-state index is 7.50. The Hall–Kier alpha value is -2.85. The molecule has 0 N–H and O–H groups in total. The molecule has 0 aliphatic carbocycles. The smallest absolute Gasteiger partial charge is 0.0134 e. The molecule has 0 spiro atoms. The van der Waals surface area contributed by atoms with Gasteiger partial charge in [0.05, 0.1) is 0 Å². The van der Waals surface area contributed by atoms with Crippen molar-refractivity contribution >= 4 is 66.8 Å². The molecule has 0 bridgehead atoms. The van der Waals surface area contributed by atoms with Gasteiger partial charge in [-0.25, -0.2) is 0 Å². The van der Waals surface area contributed by atoms with Crippen LogP contribution in [-0.2, 0) is 20.3 Å². The van der Waals surface area contributed by atoms with Gasteiger partial charge in [-0.05, 0) is 47.7 Å². The third-order valence-electron chi connectivity index (χ3n) is 6.09. The summed E-state index contributed by atoms with van der Waals surface area (Å²) in [7, 11) is 8.91. The zero-order chi connectivity index (χ0) is 30.5. The number of halogens is 2. The predicted octanol–water partition coefficient (Wildman–Crippen LogP) is 7.96. The molecule has 6 aromatic rings. The number of hydrogen-bond acceptors (Lipinski definition) is 0. The van der Waals surface area contributed by atoms with Gasteiger partial charge in [-0.3, -0.25) is 0 Å². The van der Waals surface area contributed by atoms with Gasteiger partial charge in [-0.15, -0.1) is 0 Å². The van der Waals surface area contributed by atoms with Gasteiger partial charge in [-0.2, -0.15) is 0 Å². The molecule has 0 saturated heterocycles. The first-order chi connectivity index (χ1) is 21.3. The van der Waals surface area contributed by atoms with Gasteiger partial charge in [0.1, 0.15) is 0 Å². The van der Waals surface area contributed by atoms with Crippen molar-refractivity contribution in [2.24, 2.45) is 0 Å². The maximum Gasteiger partial charge on any atom is -0.0134 e. The summed E-state index contributed by atoms with van der Waals surface area (Å²) in [5.41, 5.74) is 0. The molecule has 0 aromatic heterocycles. The Kier molecular flexibility index (Phi) is 16.9. The van der Waals surface area contributed by atoms with Gasteiger partial charge in [0.15, 0.2) is 0 Å². The molecular formula is C37H31Cl2IrOP2. The molecule has 6 rings (SSSR count). The summed E-state index contributed by atoms with van der Waals surface area (Å²) < 4.78 is 7.50. The van der Waals surface area contributed by atoms with E-state index in [0.29, 0.717) is 0 Å². The molecule has 0 amide bonds. The Morgan fingerprint density at radius 2 is 0.442 bits per heavy atom. The van der Waals surface area contributed by atoms with Crippen LogP contribution in [0.2, 0.25) is 0 Å². The monoisotopic (exact) mass is 816 g/mol. The fourth-order valence-electron chi connectivity index (χ4n) is 4.36. The molecule has 6 heteroatoms. The first-order valence-corrected chi connectivity index (χ1v) is 22.3. The van der Waals surface area contributed by atoms with E-state index in [4.69, 9.17) is 23.8 Å². The fourth-order valence-corrected chi connectivity index (χ4v) is 8.97. The van der Waals surface area contributed by atoms with Crippen molar-refractivity contribution in [2.45, 2.75) is 0 Å².